The molecular formula is C21H29BrFN3O3. The standard InChI is InChI=1S/C19H23BrFN3O3.C2H6/c1-12-11-14-17(16(21)15(12)20)22-19(27-13-3-8-26-9-4-13)23-18(14)24-5-2-7-25-10-6-24;1-2/h11,13H,2-10H2,1H3;1-2H3. The third kappa shape index (κ3) is 5.16. The van der Waals surface area contributed by atoms with Crippen molar-refractivity contribution >= 4 is 32.7 Å². The molecule has 1 aromatic heterocycles. The molecule has 2 aliphatic rings. The van der Waals surface area contributed by atoms with Gasteiger partial charge in [0.2, 0.25) is 0 Å². The second-order valence-electron chi connectivity index (χ2n) is 6.93. The van der Waals surface area contributed by atoms with Crippen molar-refractivity contribution in [2.24, 2.45) is 0 Å². The summed E-state index contributed by atoms with van der Waals surface area (Å²) in [5.41, 5.74) is 1.10. The molecule has 0 radical (unpaired) electrons. The van der Waals surface area contributed by atoms with Crippen molar-refractivity contribution in [3.8, 4) is 6.01 Å². The fourth-order valence-corrected chi connectivity index (χ4v) is 3.79. The molecule has 29 heavy (non-hydrogen) atoms. The van der Waals surface area contributed by atoms with Crippen LogP contribution in [0.15, 0.2) is 10.5 Å². The molecule has 0 N–H and O–H groups in total. The van der Waals surface area contributed by atoms with E-state index in [1.165, 1.54) is 0 Å². The van der Waals surface area contributed by atoms with E-state index < -0.39 is 0 Å². The van der Waals surface area contributed by atoms with Gasteiger partial charge in [-0.2, -0.15) is 9.97 Å². The van der Waals surface area contributed by atoms with Gasteiger partial charge in [0.25, 0.3) is 0 Å². The van der Waals surface area contributed by atoms with Gasteiger partial charge in [-0.25, -0.2) is 4.39 Å². The summed E-state index contributed by atoms with van der Waals surface area (Å²) in [6.45, 7) is 10.1. The minimum atomic E-state index is -0.378. The Labute approximate surface area is 179 Å². The Bertz CT molecular complexity index is 823. The smallest absolute Gasteiger partial charge is 0.319 e. The van der Waals surface area contributed by atoms with Gasteiger partial charge in [-0.05, 0) is 40.9 Å². The molecule has 0 unspecified atom stereocenters. The molecule has 2 aromatic rings. The second-order valence-corrected chi connectivity index (χ2v) is 7.72. The van der Waals surface area contributed by atoms with Crippen LogP contribution in [0.1, 0.15) is 38.7 Å². The fraction of sp³-hybridized carbons (Fsp3) is 0.619. The molecule has 2 aliphatic heterocycles. The van der Waals surface area contributed by atoms with Crippen molar-refractivity contribution in [3.05, 3.63) is 21.9 Å². The quantitative estimate of drug-likeness (QED) is 0.651. The second kappa shape index (κ2) is 10.5. The van der Waals surface area contributed by atoms with E-state index in [4.69, 9.17) is 14.2 Å². The lowest BCUT2D eigenvalue weighted by Crippen LogP contribution is -2.29. The molecule has 6 nitrogen and oxygen atoms in total. The molecule has 0 aliphatic carbocycles. The van der Waals surface area contributed by atoms with Crippen LogP contribution in [-0.4, -0.2) is 55.6 Å². The average Bonchev–Trinajstić information content (AvgIpc) is 3.04. The van der Waals surface area contributed by atoms with Gasteiger partial charge >= 0.3 is 6.01 Å². The summed E-state index contributed by atoms with van der Waals surface area (Å²) in [5, 5.41) is 0.703. The molecule has 160 valence electrons. The number of anilines is 1. The van der Waals surface area contributed by atoms with E-state index in [9.17, 15) is 4.39 Å². The van der Waals surface area contributed by atoms with Gasteiger partial charge in [-0.15, -0.1) is 0 Å². The average molecular weight is 470 g/mol. The largest absolute Gasteiger partial charge is 0.460 e. The Balaban J connectivity index is 0.00000117. The summed E-state index contributed by atoms with van der Waals surface area (Å²) in [5.74, 6) is 0.332. The van der Waals surface area contributed by atoms with E-state index in [1.54, 1.807) is 0 Å². The lowest BCUT2D eigenvalue weighted by molar-refractivity contribution is 0.0219. The zero-order chi connectivity index (χ0) is 20.8. The van der Waals surface area contributed by atoms with Gasteiger partial charge in [0.15, 0.2) is 5.82 Å². The Kier molecular flexibility index (Phi) is 8.03. The predicted octanol–water partition coefficient (Wildman–Crippen LogP) is 4.65. The maximum Gasteiger partial charge on any atom is 0.319 e. The Hall–Kier alpha value is -1.51. The van der Waals surface area contributed by atoms with Gasteiger partial charge in [0, 0.05) is 37.9 Å². The van der Waals surface area contributed by atoms with Crippen LogP contribution >= 0.6 is 15.9 Å². The van der Waals surface area contributed by atoms with Gasteiger partial charge in [0.1, 0.15) is 17.4 Å². The fourth-order valence-electron chi connectivity index (χ4n) is 3.49. The number of aryl methyl sites for hydroxylation is 1. The molecule has 0 atom stereocenters. The van der Waals surface area contributed by atoms with Crippen LogP contribution in [0.4, 0.5) is 10.2 Å². The van der Waals surface area contributed by atoms with E-state index in [0.29, 0.717) is 42.0 Å². The number of nitrogens with zero attached hydrogens (tertiary/aromatic N) is 3. The van der Waals surface area contributed by atoms with E-state index in [2.05, 4.69) is 30.8 Å². The first-order chi connectivity index (χ1) is 14.1. The highest BCUT2D eigenvalue weighted by Gasteiger charge is 2.23. The molecule has 0 saturated carbocycles. The minimum Gasteiger partial charge on any atom is -0.460 e. The van der Waals surface area contributed by atoms with Crippen molar-refractivity contribution in [1.29, 1.82) is 0 Å². The van der Waals surface area contributed by atoms with Gasteiger partial charge in [-0.1, -0.05) is 13.8 Å². The monoisotopic (exact) mass is 469 g/mol. The van der Waals surface area contributed by atoms with Crippen LogP contribution in [0.5, 0.6) is 6.01 Å². The van der Waals surface area contributed by atoms with Crippen molar-refractivity contribution < 1.29 is 18.6 Å². The first-order valence-corrected chi connectivity index (χ1v) is 11.2. The lowest BCUT2D eigenvalue weighted by Gasteiger charge is -2.25. The van der Waals surface area contributed by atoms with E-state index in [-0.39, 0.29) is 23.4 Å². The van der Waals surface area contributed by atoms with Crippen LogP contribution in [0.2, 0.25) is 0 Å². The number of benzene rings is 1. The zero-order valence-electron chi connectivity index (χ0n) is 17.3. The van der Waals surface area contributed by atoms with Crippen LogP contribution in [0.3, 0.4) is 0 Å². The summed E-state index contributed by atoms with van der Waals surface area (Å²) in [6, 6.07) is 2.16. The SMILES string of the molecule is CC.Cc1cc2c(N3CCCOCC3)nc(OC3CCOCC3)nc2c(F)c1Br. The molecule has 1 aromatic carbocycles. The number of aromatic nitrogens is 2. The minimum absolute atomic E-state index is 0.00605. The van der Waals surface area contributed by atoms with Gasteiger partial charge in [0.05, 0.1) is 24.3 Å². The van der Waals surface area contributed by atoms with Gasteiger partial charge in [-0.3, -0.25) is 0 Å². The van der Waals surface area contributed by atoms with Crippen molar-refractivity contribution in [2.45, 2.75) is 46.1 Å². The highest BCUT2D eigenvalue weighted by atomic mass is 79.9. The summed E-state index contributed by atoms with van der Waals surface area (Å²) in [6.07, 6.45) is 2.47. The molecule has 4 rings (SSSR count). The third-order valence-corrected chi connectivity index (χ3v) is 5.95. The summed E-state index contributed by atoms with van der Waals surface area (Å²) < 4.78 is 32.4. The number of hydrogen-bond acceptors (Lipinski definition) is 6. The summed E-state index contributed by atoms with van der Waals surface area (Å²) in [7, 11) is 0. The lowest BCUT2D eigenvalue weighted by atomic mass is 10.1. The molecular weight excluding hydrogens is 441 g/mol. The Morgan fingerprint density at radius 2 is 1.83 bits per heavy atom. The van der Waals surface area contributed by atoms with E-state index in [0.717, 1.165) is 38.0 Å². The third-order valence-electron chi connectivity index (χ3n) is 4.97. The Morgan fingerprint density at radius 1 is 1.10 bits per heavy atom. The molecule has 0 spiro atoms. The van der Waals surface area contributed by atoms with Crippen LogP contribution in [0, 0.1) is 12.7 Å². The zero-order valence-corrected chi connectivity index (χ0v) is 18.9. The van der Waals surface area contributed by atoms with Crippen molar-refractivity contribution in [2.75, 3.05) is 44.4 Å². The summed E-state index contributed by atoms with van der Waals surface area (Å²) >= 11 is 3.33. The molecule has 2 saturated heterocycles. The highest BCUT2D eigenvalue weighted by Crippen LogP contribution is 2.34. The molecule has 8 heteroatoms. The number of fused-ring (bicyclic) bond motifs is 1. The maximum atomic E-state index is 15.0. The van der Waals surface area contributed by atoms with Gasteiger partial charge < -0.3 is 19.1 Å². The topological polar surface area (TPSA) is 56.7 Å². The highest BCUT2D eigenvalue weighted by molar-refractivity contribution is 9.10. The van der Waals surface area contributed by atoms with Crippen LogP contribution in [-0.2, 0) is 9.47 Å². The van der Waals surface area contributed by atoms with Crippen LogP contribution in [0.25, 0.3) is 10.9 Å². The molecule has 2 fully saturated rings. The molecule has 0 amide bonds. The van der Waals surface area contributed by atoms with Crippen molar-refractivity contribution in [1.82, 2.24) is 9.97 Å². The molecule has 0 bridgehead atoms. The maximum absolute atomic E-state index is 15.0. The normalized spacial score (nSPS) is 18.2. The number of ether oxygens (including phenoxy) is 3. The van der Waals surface area contributed by atoms with E-state index in [1.807, 2.05) is 26.8 Å². The summed E-state index contributed by atoms with van der Waals surface area (Å²) in [4.78, 5) is 11.2. The molecule has 3 heterocycles. The predicted molar refractivity (Wildman–Crippen MR) is 115 cm³/mol. The number of hydrogen-bond donors (Lipinski definition) is 0. The van der Waals surface area contributed by atoms with Crippen LogP contribution < -0.4 is 9.64 Å². The first kappa shape index (κ1) is 22.2. The van der Waals surface area contributed by atoms with Crippen molar-refractivity contribution in [3.63, 3.8) is 0 Å². The number of halogens is 2. The first-order valence-electron chi connectivity index (χ1n) is 10.4. The number of rotatable bonds is 3. The van der Waals surface area contributed by atoms with E-state index >= 15 is 0 Å². The Morgan fingerprint density at radius 3 is 2.59 bits per heavy atom.